The Hall–Kier alpha value is -2.04. The highest BCUT2D eigenvalue weighted by atomic mass is 16.5. The zero-order chi connectivity index (χ0) is 13.1. The number of hydrogen-bond acceptors (Lipinski definition) is 4. The van der Waals surface area contributed by atoms with Crippen LogP contribution in [0.1, 0.15) is 25.7 Å². The molecule has 1 heterocycles. The Kier molecular flexibility index (Phi) is 3.50. The van der Waals surface area contributed by atoms with E-state index in [4.69, 9.17) is 10.5 Å². The van der Waals surface area contributed by atoms with Gasteiger partial charge in [-0.05, 0) is 25.0 Å². The fraction of sp³-hybridized carbons (Fsp3) is 0.385. The maximum atomic E-state index is 12.0. The summed E-state index contributed by atoms with van der Waals surface area (Å²) in [5.41, 5.74) is 6.67. The summed E-state index contributed by atoms with van der Waals surface area (Å²) in [5, 5.41) is 0. The van der Waals surface area contributed by atoms with Crippen LogP contribution in [0.25, 0.3) is 0 Å². The molecular formula is C13H16N2O3. The standard InChI is InChI=1S/C13H16N2O3/c1-18-9-6-7-10(14)11(8-9)15-12(16)4-2-3-5-13(15)17/h6-8H,2-5,14H2,1H3. The smallest absolute Gasteiger partial charge is 0.233 e. The summed E-state index contributed by atoms with van der Waals surface area (Å²) in [6, 6.07) is 4.96. The van der Waals surface area contributed by atoms with Crippen LogP contribution in [-0.4, -0.2) is 18.9 Å². The topological polar surface area (TPSA) is 72.6 Å². The molecule has 5 heteroatoms. The van der Waals surface area contributed by atoms with Crippen molar-refractivity contribution in [1.82, 2.24) is 0 Å². The maximum Gasteiger partial charge on any atom is 0.233 e. The van der Waals surface area contributed by atoms with Crippen LogP contribution in [0.5, 0.6) is 5.75 Å². The molecule has 0 saturated carbocycles. The third-order valence-electron chi connectivity index (χ3n) is 3.01. The van der Waals surface area contributed by atoms with E-state index >= 15 is 0 Å². The number of anilines is 2. The highest BCUT2D eigenvalue weighted by Gasteiger charge is 2.27. The largest absolute Gasteiger partial charge is 0.497 e. The fourth-order valence-electron chi connectivity index (χ4n) is 2.03. The third-order valence-corrected chi connectivity index (χ3v) is 3.01. The molecule has 2 N–H and O–H groups in total. The van der Waals surface area contributed by atoms with Crippen molar-refractivity contribution < 1.29 is 14.3 Å². The Morgan fingerprint density at radius 3 is 2.33 bits per heavy atom. The molecule has 2 rings (SSSR count). The second-order valence-corrected chi connectivity index (χ2v) is 4.25. The Balaban J connectivity index is 2.44. The second-order valence-electron chi connectivity index (χ2n) is 4.25. The van der Waals surface area contributed by atoms with Crippen LogP contribution < -0.4 is 15.4 Å². The Labute approximate surface area is 106 Å². The average Bonchev–Trinajstić information content (AvgIpc) is 2.52. The van der Waals surface area contributed by atoms with Gasteiger partial charge in [0, 0.05) is 18.9 Å². The van der Waals surface area contributed by atoms with Gasteiger partial charge < -0.3 is 10.5 Å². The number of imide groups is 1. The summed E-state index contributed by atoms with van der Waals surface area (Å²) < 4.78 is 5.10. The first kappa shape index (κ1) is 12.4. The molecule has 1 aliphatic rings. The van der Waals surface area contributed by atoms with Crippen LogP contribution >= 0.6 is 0 Å². The Bertz CT molecular complexity index is 467. The molecule has 0 aliphatic carbocycles. The highest BCUT2D eigenvalue weighted by Crippen LogP contribution is 2.30. The van der Waals surface area contributed by atoms with Crippen LogP contribution in [0.15, 0.2) is 18.2 Å². The maximum absolute atomic E-state index is 12.0. The van der Waals surface area contributed by atoms with Crippen molar-refractivity contribution in [3.63, 3.8) is 0 Å². The summed E-state index contributed by atoms with van der Waals surface area (Å²) >= 11 is 0. The number of carbonyl (C=O) groups is 2. The molecule has 0 atom stereocenters. The van der Waals surface area contributed by atoms with Crippen molar-refractivity contribution in [3.05, 3.63) is 18.2 Å². The predicted octanol–water partition coefficient (Wildman–Crippen LogP) is 1.71. The third kappa shape index (κ3) is 2.30. The van der Waals surface area contributed by atoms with Gasteiger partial charge in [-0.15, -0.1) is 0 Å². The van der Waals surface area contributed by atoms with E-state index < -0.39 is 0 Å². The number of methoxy groups -OCH3 is 1. The van der Waals surface area contributed by atoms with E-state index in [0.29, 0.717) is 30.0 Å². The molecule has 1 aromatic carbocycles. The monoisotopic (exact) mass is 248 g/mol. The van der Waals surface area contributed by atoms with Gasteiger partial charge >= 0.3 is 0 Å². The van der Waals surface area contributed by atoms with Crippen molar-refractivity contribution in [3.8, 4) is 5.75 Å². The van der Waals surface area contributed by atoms with Crippen LogP contribution in [-0.2, 0) is 9.59 Å². The molecule has 0 spiro atoms. The first-order valence-corrected chi connectivity index (χ1v) is 5.93. The molecule has 1 aromatic rings. The van der Waals surface area contributed by atoms with E-state index in [1.807, 2.05) is 0 Å². The van der Waals surface area contributed by atoms with Gasteiger partial charge in [-0.2, -0.15) is 0 Å². The first-order chi connectivity index (χ1) is 8.63. The first-order valence-electron chi connectivity index (χ1n) is 5.93. The molecule has 1 aliphatic heterocycles. The van der Waals surface area contributed by atoms with Crippen molar-refractivity contribution in [2.75, 3.05) is 17.7 Å². The fourth-order valence-corrected chi connectivity index (χ4v) is 2.03. The molecule has 18 heavy (non-hydrogen) atoms. The number of ether oxygens (including phenoxy) is 1. The van der Waals surface area contributed by atoms with E-state index in [1.165, 1.54) is 12.0 Å². The Morgan fingerprint density at radius 2 is 1.78 bits per heavy atom. The average molecular weight is 248 g/mol. The van der Waals surface area contributed by atoms with Gasteiger partial charge in [0.2, 0.25) is 11.8 Å². The van der Waals surface area contributed by atoms with Gasteiger partial charge in [0.05, 0.1) is 18.5 Å². The molecule has 1 saturated heterocycles. The van der Waals surface area contributed by atoms with E-state index in [-0.39, 0.29) is 11.8 Å². The molecule has 0 aromatic heterocycles. The van der Waals surface area contributed by atoms with Crippen molar-refractivity contribution in [1.29, 1.82) is 0 Å². The lowest BCUT2D eigenvalue weighted by Crippen LogP contribution is -2.35. The van der Waals surface area contributed by atoms with Crippen molar-refractivity contribution in [2.45, 2.75) is 25.7 Å². The van der Waals surface area contributed by atoms with Crippen LogP contribution in [0.3, 0.4) is 0 Å². The number of carbonyl (C=O) groups excluding carboxylic acids is 2. The van der Waals surface area contributed by atoms with Gasteiger partial charge in [0.25, 0.3) is 0 Å². The minimum atomic E-state index is -0.197. The van der Waals surface area contributed by atoms with E-state index in [9.17, 15) is 9.59 Å². The number of benzene rings is 1. The van der Waals surface area contributed by atoms with Gasteiger partial charge in [-0.25, -0.2) is 4.90 Å². The number of nitrogen functional groups attached to an aromatic ring is 1. The van der Waals surface area contributed by atoms with E-state index in [0.717, 1.165) is 12.8 Å². The van der Waals surface area contributed by atoms with Crippen molar-refractivity contribution in [2.24, 2.45) is 0 Å². The highest BCUT2D eigenvalue weighted by molar-refractivity contribution is 6.16. The number of nitrogens with two attached hydrogens (primary N) is 1. The van der Waals surface area contributed by atoms with Crippen LogP contribution in [0.2, 0.25) is 0 Å². The lowest BCUT2D eigenvalue weighted by Gasteiger charge is -2.21. The zero-order valence-corrected chi connectivity index (χ0v) is 10.3. The Morgan fingerprint density at radius 1 is 1.17 bits per heavy atom. The summed E-state index contributed by atoms with van der Waals surface area (Å²) in [6.07, 6.45) is 2.24. The number of amides is 2. The summed E-state index contributed by atoms with van der Waals surface area (Å²) in [7, 11) is 1.53. The quantitative estimate of drug-likeness (QED) is 0.638. The zero-order valence-electron chi connectivity index (χ0n) is 10.3. The van der Waals surface area contributed by atoms with Gasteiger partial charge in [0.15, 0.2) is 0 Å². The SMILES string of the molecule is COc1ccc(N)c(N2C(=O)CCCCC2=O)c1. The molecule has 0 bridgehead atoms. The molecule has 2 amide bonds. The molecule has 0 radical (unpaired) electrons. The van der Waals surface area contributed by atoms with Gasteiger partial charge in [-0.3, -0.25) is 9.59 Å². The normalized spacial score (nSPS) is 16.6. The van der Waals surface area contributed by atoms with Crippen molar-refractivity contribution >= 4 is 23.2 Å². The molecular weight excluding hydrogens is 232 g/mol. The van der Waals surface area contributed by atoms with Gasteiger partial charge in [0.1, 0.15) is 5.75 Å². The number of rotatable bonds is 2. The summed E-state index contributed by atoms with van der Waals surface area (Å²) in [5.74, 6) is 0.180. The molecule has 96 valence electrons. The lowest BCUT2D eigenvalue weighted by atomic mass is 10.2. The summed E-state index contributed by atoms with van der Waals surface area (Å²) in [6.45, 7) is 0. The van der Waals surface area contributed by atoms with Gasteiger partial charge in [-0.1, -0.05) is 0 Å². The van der Waals surface area contributed by atoms with E-state index in [2.05, 4.69) is 0 Å². The lowest BCUT2D eigenvalue weighted by molar-refractivity contribution is -0.125. The van der Waals surface area contributed by atoms with Crippen LogP contribution in [0, 0.1) is 0 Å². The number of hydrogen-bond donors (Lipinski definition) is 1. The van der Waals surface area contributed by atoms with E-state index in [1.54, 1.807) is 18.2 Å². The molecule has 1 fully saturated rings. The van der Waals surface area contributed by atoms with Crippen LogP contribution in [0.4, 0.5) is 11.4 Å². The number of nitrogens with zero attached hydrogens (tertiary/aromatic N) is 1. The second kappa shape index (κ2) is 5.08. The summed E-state index contributed by atoms with van der Waals surface area (Å²) in [4.78, 5) is 25.2. The predicted molar refractivity (Wildman–Crippen MR) is 68.4 cm³/mol. The minimum absolute atomic E-state index is 0.197. The minimum Gasteiger partial charge on any atom is -0.497 e. The molecule has 5 nitrogen and oxygen atoms in total. The molecule has 0 unspecified atom stereocenters.